The maximum atomic E-state index is 12.9. The number of nitrogens with zero attached hydrogens (tertiary/aromatic N) is 3. The zero-order valence-corrected chi connectivity index (χ0v) is 23.4. The Morgan fingerprint density at radius 2 is 1.63 bits per heavy atom. The van der Waals surface area contributed by atoms with Gasteiger partial charge in [-0.3, -0.25) is 19.9 Å². The maximum Gasteiger partial charge on any atom is 0.324 e. The molecule has 11 heteroatoms. The van der Waals surface area contributed by atoms with Crippen molar-refractivity contribution in [3.05, 3.63) is 90.4 Å². The minimum absolute atomic E-state index is 0.0727. The van der Waals surface area contributed by atoms with E-state index in [1.807, 2.05) is 57.2 Å². The van der Waals surface area contributed by atoms with Crippen molar-refractivity contribution in [2.75, 3.05) is 17.2 Å². The molecule has 2 heterocycles. The molecule has 0 radical (unpaired) electrons. The molecule has 212 valence electrons. The topological polar surface area (TPSA) is 139 Å². The van der Waals surface area contributed by atoms with Gasteiger partial charge in [0, 0.05) is 36.8 Å². The number of rotatable bonds is 9. The van der Waals surface area contributed by atoms with Crippen LogP contribution < -0.4 is 26.0 Å². The number of carbonyl (C=O) groups is 3. The van der Waals surface area contributed by atoms with E-state index < -0.39 is 6.03 Å². The zero-order chi connectivity index (χ0) is 29.4. The van der Waals surface area contributed by atoms with Crippen LogP contribution in [-0.4, -0.2) is 39.2 Å². The van der Waals surface area contributed by atoms with E-state index >= 15 is 0 Å². The second-order valence-corrected chi connectivity index (χ2v) is 10.3. The van der Waals surface area contributed by atoms with Gasteiger partial charge in [-0.1, -0.05) is 32.9 Å². The van der Waals surface area contributed by atoms with Crippen molar-refractivity contribution >= 4 is 29.4 Å². The van der Waals surface area contributed by atoms with Crippen molar-refractivity contribution < 1.29 is 19.1 Å². The third-order valence-corrected chi connectivity index (χ3v) is 5.87. The molecule has 0 bridgehead atoms. The van der Waals surface area contributed by atoms with Crippen molar-refractivity contribution in [3.8, 4) is 17.2 Å². The average molecular weight is 556 g/mol. The summed E-state index contributed by atoms with van der Waals surface area (Å²) in [7, 11) is 0. The molecule has 0 aliphatic rings. The summed E-state index contributed by atoms with van der Waals surface area (Å²) in [5.74, 6) is 1.20. The van der Waals surface area contributed by atoms with Crippen molar-refractivity contribution in [1.29, 1.82) is 0 Å². The largest absolute Gasteiger partial charge is 0.456 e. The fourth-order valence-electron chi connectivity index (χ4n) is 3.68. The second kappa shape index (κ2) is 12.8. The Balaban J connectivity index is 1.43. The van der Waals surface area contributed by atoms with Crippen LogP contribution >= 0.6 is 0 Å². The smallest absolute Gasteiger partial charge is 0.324 e. The van der Waals surface area contributed by atoms with E-state index in [0.717, 1.165) is 16.9 Å². The van der Waals surface area contributed by atoms with Crippen molar-refractivity contribution in [2.45, 2.75) is 39.7 Å². The lowest BCUT2D eigenvalue weighted by Gasteiger charge is -2.14. The monoisotopic (exact) mass is 555 g/mol. The van der Waals surface area contributed by atoms with Crippen LogP contribution in [0.15, 0.2) is 79.1 Å². The Labute approximate surface area is 238 Å². The van der Waals surface area contributed by atoms with Crippen molar-refractivity contribution in [3.63, 3.8) is 0 Å². The second-order valence-electron chi connectivity index (χ2n) is 10.3. The summed E-state index contributed by atoms with van der Waals surface area (Å²) in [5, 5.41) is 15.7. The summed E-state index contributed by atoms with van der Waals surface area (Å²) in [6, 6.07) is 19.5. The first-order chi connectivity index (χ1) is 19.6. The number of nitrogens with one attached hydrogen (secondary N) is 4. The molecule has 11 nitrogen and oxygen atoms in total. The molecule has 4 aromatic rings. The fraction of sp³-hybridized carbons (Fsp3) is 0.233. The lowest BCUT2D eigenvalue weighted by atomic mass is 9.92. The number of urea groups is 1. The molecule has 0 unspecified atom stereocenters. The van der Waals surface area contributed by atoms with Crippen LogP contribution in [0.1, 0.15) is 39.0 Å². The van der Waals surface area contributed by atoms with E-state index in [2.05, 4.69) is 26.3 Å². The molecule has 0 saturated heterocycles. The van der Waals surface area contributed by atoms with E-state index in [1.54, 1.807) is 47.4 Å². The Kier molecular flexibility index (Phi) is 8.98. The highest BCUT2D eigenvalue weighted by molar-refractivity contribution is 5.99. The number of carbonyl (C=O) groups excluding carboxylic acids is 3. The predicted molar refractivity (Wildman–Crippen MR) is 156 cm³/mol. The van der Waals surface area contributed by atoms with E-state index in [0.29, 0.717) is 29.5 Å². The Morgan fingerprint density at radius 1 is 0.902 bits per heavy atom. The fourth-order valence-corrected chi connectivity index (χ4v) is 3.68. The van der Waals surface area contributed by atoms with Gasteiger partial charge >= 0.3 is 6.03 Å². The first-order valence-corrected chi connectivity index (χ1v) is 13.0. The predicted octanol–water partition coefficient (Wildman–Crippen LogP) is 4.75. The summed E-state index contributed by atoms with van der Waals surface area (Å²) < 4.78 is 7.42. The molecule has 0 atom stereocenters. The molecular weight excluding hydrogens is 522 g/mol. The van der Waals surface area contributed by atoms with Gasteiger partial charge in [-0.05, 0) is 54.1 Å². The number of pyridine rings is 1. The third kappa shape index (κ3) is 8.40. The van der Waals surface area contributed by atoms with Gasteiger partial charge in [-0.25, -0.2) is 9.48 Å². The first kappa shape index (κ1) is 28.8. The van der Waals surface area contributed by atoms with Gasteiger partial charge in [-0.15, -0.1) is 0 Å². The highest BCUT2D eigenvalue weighted by atomic mass is 16.5. The normalized spacial score (nSPS) is 10.9. The lowest BCUT2D eigenvalue weighted by Crippen LogP contribution is -2.35. The zero-order valence-electron chi connectivity index (χ0n) is 23.4. The number of anilines is 2. The minimum atomic E-state index is -0.425. The maximum absolute atomic E-state index is 12.9. The molecular formula is C30H33N7O4. The number of amides is 4. The van der Waals surface area contributed by atoms with Gasteiger partial charge in [0.2, 0.25) is 11.8 Å². The van der Waals surface area contributed by atoms with E-state index in [4.69, 9.17) is 9.84 Å². The molecule has 4 rings (SSSR count). The molecule has 2 aromatic carbocycles. The van der Waals surface area contributed by atoms with Crippen LogP contribution in [0.3, 0.4) is 0 Å². The third-order valence-electron chi connectivity index (χ3n) is 5.87. The average Bonchev–Trinajstić information content (AvgIpc) is 3.37. The lowest BCUT2D eigenvalue weighted by molar-refractivity contribution is -0.125. The molecule has 4 N–H and O–H groups in total. The minimum Gasteiger partial charge on any atom is -0.456 e. The van der Waals surface area contributed by atoms with Gasteiger partial charge < -0.3 is 20.7 Å². The van der Waals surface area contributed by atoms with Crippen molar-refractivity contribution in [1.82, 2.24) is 25.4 Å². The van der Waals surface area contributed by atoms with Crippen LogP contribution in [0, 0.1) is 0 Å². The van der Waals surface area contributed by atoms with Gasteiger partial charge in [0.25, 0.3) is 0 Å². The van der Waals surface area contributed by atoms with Crippen LogP contribution in [0.25, 0.3) is 5.69 Å². The number of aromatic nitrogens is 3. The van der Waals surface area contributed by atoms with E-state index in [9.17, 15) is 14.4 Å². The summed E-state index contributed by atoms with van der Waals surface area (Å²) >= 11 is 0. The van der Waals surface area contributed by atoms with E-state index in [-0.39, 0.29) is 23.8 Å². The Bertz CT molecular complexity index is 1490. The Hall–Kier alpha value is -5.19. The SMILES string of the molecule is CC(=O)NCC(=O)NCc1ccc(-n2nc(C(C)(C)C)cc2NC(=O)Nc2ccc(Oc3cccnc3)cc2)cc1. The number of ether oxygens (including phenoxy) is 1. The number of benzene rings is 2. The molecule has 0 saturated carbocycles. The summed E-state index contributed by atoms with van der Waals surface area (Å²) in [6.45, 7) is 7.74. The molecule has 0 fully saturated rings. The molecule has 0 aliphatic carbocycles. The van der Waals surface area contributed by atoms with Crippen LogP contribution in [0.4, 0.5) is 16.3 Å². The quantitative estimate of drug-likeness (QED) is 0.235. The molecule has 2 aromatic heterocycles. The molecule has 41 heavy (non-hydrogen) atoms. The number of hydrogen-bond acceptors (Lipinski definition) is 6. The van der Waals surface area contributed by atoms with Gasteiger partial charge in [0.15, 0.2) is 0 Å². The highest BCUT2D eigenvalue weighted by Crippen LogP contribution is 2.27. The van der Waals surface area contributed by atoms with Gasteiger partial charge in [0.05, 0.1) is 24.1 Å². The molecule has 0 spiro atoms. The van der Waals surface area contributed by atoms with Crippen molar-refractivity contribution in [2.24, 2.45) is 0 Å². The summed E-state index contributed by atoms with van der Waals surface area (Å²) in [5.41, 5.74) is 2.75. The van der Waals surface area contributed by atoms with Gasteiger partial charge in [-0.2, -0.15) is 5.10 Å². The highest BCUT2D eigenvalue weighted by Gasteiger charge is 2.21. The molecule has 0 aliphatic heterocycles. The summed E-state index contributed by atoms with van der Waals surface area (Å²) in [4.78, 5) is 39.8. The first-order valence-electron chi connectivity index (χ1n) is 13.0. The summed E-state index contributed by atoms with van der Waals surface area (Å²) in [6.07, 6.45) is 3.29. The molecule has 4 amide bonds. The van der Waals surface area contributed by atoms with Crippen LogP contribution in [-0.2, 0) is 21.5 Å². The van der Waals surface area contributed by atoms with Crippen LogP contribution in [0.2, 0.25) is 0 Å². The van der Waals surface area contributed by atoms with Crippen LogP contribution in [0.5, 0.6) is 11.5 Å². The van der Waals surface area contributed by atoms with E-state index in [1.165, 1.54) is 6.92 Å². The van der Waals surface area contributed by atoms with Gasteiger partial charge in [0.1, 0.15) is 17.3 Å². The number of hydrogen-bond donors (Lipinski definition) is 4. The Morgan fingerprint density at radius 3 is 2.27 bits per heavy atom. The standard InChI is InChI=1S/C30H33N7O4/c1-20(38)32-19-28(39)33-17-21-7-11-23(12-8-21)37-27(16-26(36-37)30(2,3)4)35-29(40)34-22-9-13-24(14-10-22)41-25-6-5-15-31-18-25/h5-16,18H,17,19H2,1-4H3,(H,32,38)(H,33,39)(H2,34,35,40).